The third kappa shape index (κ3) is 3.53. The summed E-state index contributed by atoms with van der Waals surface area (Å²) in [7, 11) is 0. The molecule has 3 heteroatoms. The molecule has 0 aliphatic rings. The summed E-state index contributed by atoms with van der Waals surface area (Å²) in [5, 5.41) is 16.3. The highest BCUT2D eigenvalue weighted by Gasteiger charge is 2.08. The monoisotopic (exact) mass is 126 g/mol. The summed E-state index contributed by atoms with van der Waals surface area (Å²) >= 11 is 0. The van der Waals surface area contributed by atoms with Gasteiger partial charge in [-0.2, -0.15) is 5.26 Å². The maximum absolute atomic E-state index is 10.0. The van der Waals surface area contributed by atoms with E-state index in [1.165, 1.54) is 0 Å². The summed E-state index contributed by atoms with van der Waals surface area (Å²) in [6, 6.07) is 1.85. The first kappa shape index (κ1) is 7.96. The molecule has 0 aliphatic heterocycles. The molecule has 0 aromatic rings. The predicted molar refractivity (Wildman–Crippen MR) is 31.3 cm³/mol. The van der Waals surface area contributed by atoms with Crippen LogP contribution in [-0.4, -0.2) is 11.1 Å². The molecule has 0 rings (SSSR count). The number of carbonyl (C=O) groups is 1. The van der Waals surface area contributed by atoms with Crippen LogP contribution < -0.4 is 0 Å². The standard InChI is InChI=1S/C6H8NO2/c1-5(6(8)9)3-2-4-7/h5H,1-3H2,(H,8,9). The third-order valence-electron chi connectivity index (χ3n) is 0.954. The number of rotatable bonds is 3. The largest absolute Gasteiger partial charge is 0.481 e. The van der Waals surface area contributed by atoms with Gasteiger partial charge in [0.25, 0.3) is 0 Å². The molecule has 1 unspecified atom stereocenters. The van der Waals surface area contributed by atoms with Crippen LogP contribution >= 0.6 is 0 Å². The molecule has 0 bridgehead atoms. The Morgan fingerprint density at radius 1 is 1.89 bits per heavy atom. The van der Waals surface area contributed by atoms with E-state index >= 15 is 0 Å². The predicted octanol–water partition coefficient (Wildman–Crippen LogP) is 0.825. The van der Waals surface area contributed by atoms with Gasteiger partial charge in [0.15, 0.2) is 0 Å². The number of hydrogen-bond acceptors (Lipinski definition) is 2. The Balaban J connectivity index is 3.41. The maximum Gasteiger partial charge on any atom is 0.306 e. The molecule has 1 radical (unpaired) electrons. The zero-order chi connectivity index (χ0) is 7.28. The third-order valence-corrected chi connectivity index (χ3v) is 0.954. The van der Waals surface area contributed by atoms with Crippen molar-refractivity contribution in [1.29, 1.82) is 5.26 Å². The fourth-order valence-corrected chi connectivity index (χ4v) is 0.362. The van der Waals surface area contributed by atoms with Gasteiger partial charge in [0.2, 0.25) is 0 Å². The molecule has 0 aliphatic carbocycles. The lowest BCUT2D eigenvalue weighted by Gasteiger charge is -1.98. The van der Waals surface area contributed by atoms with E-state index in [0.29, 0.717) is 6.42 Å². The second-order valence-electron chi connectivity index (χ2n) is 1.73. The summed E-state index contributed by atoms with van der Waals surface area (Å²) < 4.78 is 0. The molecule has 9 heavy (non-hydrogen) atoms. The summed E-state index contributed by atoms with van der Waals surface area (Å²) in [5.41, 5.74) is 0. The molecule has 0 saturated carbocycles. The fourth-order valence-electron chi connectivity index (χ4n) is 0.362. The molecule has 49 valence electrons. The first-order chi connectivity index (χ1) is 4.18. The molecule has 3 nitrogen and oxygen atoms in total. The van der Waals surface area contributed by atoms with Gasteiger partial charge in [0.1, 0.15) is 0 Å². The molecular weight excluding hydrogens is 118 g/mol. The van der Waals surface area contributed by atoms with Crippen molar-refractivity contribution in [2.75, 3.05) is 0 Å². The number of aliphatic carboxylic acids is 1. The van der Waals surface area contributed by atoms with Gasteiger partial charge in [0, 0.05) is 6.42 Å². The van der Waals surface area contributed by atoms with Crippen molar-refractivity contribution < 1.29 is 9.90 Å². The average molecular weight is 126 g/mol. The number of nitriles is 1. The van der Waals surface area contributed by atoms with Crippen LogP contribution in [-0.2, 0) is 4.79 Å². The Bertz CT molecular complexity index is 136. The van der Waals surface area contributed by atoms with E-state index < -0.39 is 11.9 Å². The lowest BCUT2D eigenvalue weighted by molar-refractivity contribution is -0.140. The van der Waals surface area contributed by atoms with E-state index in [1.807, 2.05) is 6.07 Å². The first-order valence-electron chi connectivity index (χ1n) is 2.61. The summed E-state index contributed by atoms with van der Waals surface area (Å²) in [5.74, 6) is -1.57. The zero-order valence-corrected chi connectivity index (χ0v) is 5.00. The van der Waals surface area contributed by atoms with E-state index in [1.54, 1.807) is 0 Å². The highest BCUT2D eigenvalue weighted by Crippen LogP contribution is 2.02. The van der Waals surface area contributed by atoms with Crippen molar-refractivity contribution in [2.24, 2.45) is 5.92 Å². The second kappa shape index (κ2) is 3.90. The highest BCUT2D eigenvalue weighted by molar-refractivity contribution is 5.70. The number of nitrogens with zero attached hydrogens (tertiary/aromatic N) is 1. The minimum atomic E-state index is -0.940. The smallest absolute Gasteiger partial charge is 0.306 e. The van der Waals surface area contributed by atoms with E-state index in [0.717, 1.165) is 0 Å². The van der Waals surface area contributed by atoms with Gasteiger partial charge in [-0.3, -0.25) is 4.79 Å². The Labute approximate surface area is 53.9 Å². The van der Waals surface area contributed by atoms with Crippen molar-refractivity contribution in [3.8, 4) is 6.07 Å². The van der Waals surface area contributed by atoms with E-state index in [9.17, 15) is 4.79 Å². The van der Waals surface area contributed by atoms with Gasteiger partial charge in [0.05, 0.1) is 12.0 Å². The maximum atomic E-state index is 10.0. The molecular formula is C6H8NO2. The minimum absolute atomic E-state index is 0.264. The summed E-state index contributed by atoms with van der Waals surface area (Å²) in [6.45, 7) is 3.32. The molecule has 1 N–H and O–H groups in total. The Hall–Kier alpha value is -1.04. The normalized spacial score (nSPS) is 12.0. The van der Waals surface area contributed by atoms with Gasteiger partial charge in [-0.15, -0.1) is 0 Å². The zero-order valence-electron chi connectivity index (χ0n) is 5.00. The number of hydrogen-bond donors (Lipinski definition) is 1. The Morgan fingerprint density at radius 2 is 2.44 bits per heavy atom. The number of carboxylic acids is 1. The molecule has 1 atom stereocenters. The highest BCUT2D eigenvalue weighted by atomic mass is 16.4. The van der Waals surface area contributed by atoms with Crippen LogP contribution in [0.4, 0.5) is 0 Å². The molecule has 0 saturated heterocycles. The number of carboxylic acid groups (broad SMARTS) is 1. The van der Waals surface area contributed by atoms with Crippen molar-refractivity contribution >= 4 is 5.97 Å². The molecule has 0 amide bonds. The molecule has 0 spiro atoms. The molecule has 0 heterocycles. The molecule has 0 aromatic carbocycles. The lowest BCUT2D eigenvalue weighted by Crippen LogP contribution is -2.08. The van der Waals surface area contributed by atoms with Gasteiger partial charge < -0.3 is 5.11 Å². The van der Waals surface area contributed by atoms with Gasteiger partial charge in [-0.05, 0) is 13.3 Å². The molecule has 0 fully saturated rings. The minimum Gasteiger partial charge on any atom is -0.481 e. The Kier molecular flexibility index (Phi) is 3.45. The van der Waals surface area contributed by atoms with Gasteiger partial charge in [-0.1, -0.05) is 0 Å². The van der Waals surface area contributed by atoms with Gasteiger partial charge in [-0.25, -0.2) is 0 Å². The van der Waals surface area contributed by atoms with Crippen LogP contribution in [0, 0.1) is 24.2 Å². The summed E-state index contributed by atoms with van der Waals surface area (Å²) in [6.07, 6.45) is 0.603. The van der Waals surface area contributed by atoms with E-state index in [-0.39, 0.29) is 6.42 Å². The van der Waals surface area contributed by atoms with Crippen LogP contribution in [0.25, 0.3) is 0 Å². The topological polar surface area (TPSA) is 61.1 Å². The van der Waals surface area contributed by atoms with Crippen molar-refractivity contribution in [1.82, 2.24) is 0 Å². The van der Waals surface area contributed by atoms with Crippen LogP contribution in [0.1, 0.15) is 12.8 Å². The summed E-state index contributed by atoms with van der Waals surface area (Å²) in [4.78, 5) is 10.0. The van der Waals surface area contributed by atoms with Gasteiger partial charge >= 0.3 is 5.97 Å². The Morgan fingerprint density at radius 3 is 2.78 bits per heavy atom. The van der Waals surface area contributed by atoms with Crippen LogP contribution in [0.2, 0.25) is 0 Å². The fraction of sp³-hybridized carbons (Fsp3) is 0.500. The first-order valence-corrected chi connectivity index (χ1v) is 2.61. The average Bonchev–Trinajstić information content (AvgIpc) is 1.82. The van der Waals surface area contributed by atoms with Crippen LogP contribution in [0.3, 0.4) is 0 Å². The SMILES string of the molecule is [CH2]C(CCC#N)C(=O)O. The van der Waals surface area contributed by atoms with Crippen molar-refractivity contribution in [2.45, 2.75) is 12.8 Å². The van der Waals surface area contributed by atoms with Crippen LogP contribution in [0.5, 0.6) is 0 Å². The van der Waals surface area contributed by atoms with Crippen molar-refractivity contribution in [3.63, 3.8) is 0 Å². The van der Waals surface area contributed by atoms with E-state index in [4.69, 9.17) is 10.4 Å². The van der Waals surface area contributed by atoms with Crippen molar-refractivity contribution in [3.05, 3.63) is 6.92 Å². The quantitative estimate of drug-likeness (QED) is 0.609. The lowest BCUT2D eigenvalue weighted by atomic mass is 10.1. The van der Waals surface area contributed by atoms with E-state index in [2.05, 4.69) is 6.92 Å². The second-order valence-corrected chi connectivity index (χ2v) is 1.73. The van der Waals surface area contributed by atoms with Crippen LogP contribution in [0.15, 0.2) is 0 Å². The molecule has 0 aromatic heterocycles.